The number of benzene rings is 3. The number of esters is 1. The minimum absolute atomic E-state index is 0.0985. The van der Waals surface area contributed by atoms with Gasteiger partial charge in [-0.2, -0.15) is 8.78 Å². The summed E-state index contributed by atoms with van der Waals surface area (Å²) in [4.78, 5) is 12.2. The maximum absolute atomic E-state index is 14.9. The molecule has 1 aliphatic carbocycles. The SMILES string of the molecule is C/C=C/CCc1ccc(C2CC=C(c3ccc(OC(=O)c4ccc(O)c(F)c4F)c(F)c3F)CC2)c(F)c1F. The fourth-order valence-electron chi connectivity index (χ4n) is 4.59. The summed E-state index contributed by atoms with van der Waals surface area (Å²) in [5, 5.41) is 9.17. The normalized spacial score (nSPS) is 15.5. The molecule has 3 nitrogen and oxygen atoms in total. The Morgan fingerprint density at radius 1 is 0.923 bits per heavy atom. The first-order valence-corrected chi connectivity index (χ1v) is 12.3. The number of ether oxygens (including phenoxy) is 1. The first kappa shape index (κ1) is 28.0. The van der Waals surface area contributed by atoms with Crippen molar-refractivity contribution in [3.63, 3.8) is 0 Å². The van der Waals surface area contributed by atoms with E-state index < -0.39 is 57.9 Å². The number of allylic oxidation sites excluding steroid dienone is 4. The van der Waals surface area contributed by atoms with Crippen LogP contribution in [-0.2, 0) is 6.42 Å². The molecule has 0 fully saturated rings. The number of phenols is 1. The van der Waals surface area contributed by atoms with Gasteiger partial charge in [-0.15, -0.1) is 0 Å². The number of hydrogen-bond donors (Lipinski definition) is 1. The molecule has 9 heteroatoms. The van der Waals surface area contributed by atoms with Gasteiger partial charge in [0.1, 0.15) is 0 Å². The van der Waals surface area contributed by atoms with Crippen LogP contribution in [0, 0.1) is 34.9 Å². The largest absolute Gasteiger partial charge is 0.505 e. The van der Waals surface area contributed by atoms with Gasteiger partial charge in [-0.3, -0.25) is 0 Å². The first-order valence-electron chi connectivity index (χ1n) is 12.3. The molecular weight excluding hydrogens is 522 g/mol. The van der Waals surface area contributed by atoms with E-state index in [0.717, 1.165) is 18.2 Å². The van der Waals surface area contributed by atoms with Crippen molar-refractivity contribution in [2.45, 2.75) is 44.9 Å². The molecule has 1 atom stereocenters. The van der Waals surface area contributed by atoms with Crippen LogP contribution in [0.15, 0.2) is 54.6 Å². The van der Waals surface area contributed by atoms with Crippen molar-refractivity contribution >= 4 is 11.5 Å². The molecule has 0 radical (unpaired) electrons. The van der Waals surface area contributed by atoms with E-state index in [1.807, 2.05) is 19.1 Å². The van der Waals surface area contributed by atoms with Crippen LogP contribution < -0.4 is 4.74 Å². The highest BCUT2D eigenvalue weighted by atomic mass is 19.2. The zero-order valence-corrected chi connectivity index (χ0v) is 20.8. The van der Waals surface area contributed by atoms with Gasteiger partial charge in [0.25, 0.3) is 0 Å². The average Bonchev–Trinajstić information content (AvgIpc) is 2.93. The van der Waals surface area contributed by atoms with E-state index in [2.05, 4.69) is 0 Å². The van der Waals surface area contributed by atoms with E-state index in [1.54, 1.807) is 18.2 Å². The Hall–Kier alpha value is -4.01. The molecule has 0 aromatic heterocycles. The van der Waals surface area contributed by atoms with Crippen molar-refractivity contribution in [1.82, 2.24) is 0 Å². The lowest BCUT2D eigenvalue weighted by atomic mass is 9.82. The Balaban J connectivity index is 1.50. The zero-order valence-electron chi connectivity index (χ0n) is 20.8. The maximum Gasteiger partial charge on any atom is 0.346 e. The summed E-state index contributed by atoms with van der Waals surface area (Å²) in [5.41, 5.74) is -0.0539. The lowest BCUT2D eigenvalue weighted by Crippen LogP contribution is -2.13. The Bertz CT molecular complexity index is 1480. The highest BCUT2D eigenvalue weighted by Crippen LogP contribution is 2.39. The van der Waals surface area contributed by atoms with Gasteiger partial charge >= 0.3 is 5.97 Å². The molecule has 39 heavy (non-hydrogen) atoms. The van der Waals surface area contributed by atoms with Gasteiger partial charge in [-0.25, -0.2) is 22.4 Å². The van der Waals surface area contributed by atoms with Crippen molar-refractivity contribution in [2.24, 2.45) is 0 Å². The summed E-state index contributed by atoms with van der Waals surface area (Å²) in [6.07, 6.45) is 7.19. The van der Waals surface area contributed by atoms with Gasteiger partial charge in [0.2, 0.25) is 11.6 Å². The number of rotatable bonds is 7. The van der Waals surface area contributed by atoms with E-state index in [1.165, 1.54) is 6.07 Å². The van der Waals surface area contributed by atoms with Crippen LogP contribution >= 0.6 is 0 Å². The number of hydrogen-bond acceptors (Lipinski definition) is 3. The molecule has 1 unspecified atom stereocenters. The van der Waals surface area contributed by atoms with E-state index in [9.17, 15) is 31.1 Å². The van der Waals surface area contributed by atoms with Crippen LogP contribution in [0.4, 0.5) is 26.3 Å². The summed E-state index contributed by atoms with van der Waals surface area (Å²) < 4.78 is 91.2. The van der Waals surface area contributed by atoms with Crippen LogP contribution in [0.5, 0.6) is 11.5 Å². The first-order chi connectivity index (χ1) is 18.6. The summed E-state index contributed by atoms with van der Waals surface area (Å²) in [6, 6.07) is 6.77. The van der Waals surface area contributed by atoms with Crippen LogP contribution in [0.2, 0.25) is 0 Å². The Labute approximate surface area is 221 Å². The van der Waals surface area contributed by atoms with E-state index in [0.29, 0.717) is 24.8 Å². The molecule has 0 heterocycles. The molecule has 3 aromatic rings. The molecule has 0 saturated carbocycles. The molecule has 204 valence electrons. The number of phenolic OH excluding ortho intramolecular Hbond substituents is 1. The molecule has 1 aliphatic rings. The zero-order chi connectivity index (χ0) is 28.3. The third-order valence-corrected chi connectivity index (χ3v) is 6.74. The van der Waals surface area contributed by atoms with Gasteiger partial charge in [-0.05, 0) is 85.9 Å². The Morgan fingerprint density at radius 3 is 2.38 bits per heavy atom. The second-order valence-electron chi connectivity index (χ2n) is 9.14. The van der Waals surface area contributed by atoms with Gasteiger partial charge < -0.3 is 9.84 Å². The van der Waals surface area contributed by atoms with Gasteiger partial charge in [-0.1, -0.05) is 30.4 Å². The third kappa shape index (κ3) is 5.72. The lowest BCUT2D eigenvalue weighted by molar-refractivity contribution is 0.0720. The molecule has 3 aromatic carbocycles. The van der Waals surface area contributed by atoms with Gasteiger partial charge in [0.05, 0.1) is 5.56 Å². The highest BCUT2D eigenvalue weighted by molar-refractivity contribution is 5.91. The second kappa shape index (κ2) is 11.8. The van der Waals surface area contributed by atoms with E-state index in [4.69, 9.17) is 9.84 Å². The molecular formula is C30H24F6O3. The van der Waals surface area contributed by atoms with Crippen molar-refractivity contribution in [1.29, 1.82) is 0 Å². The monoisotopic (exact) mass is 546 g/mol. The summed E-state index contributed by atoms with van der Waals surface area (Å²) in [5.74, 6) is -11.7. The van der Waals surface area contributed by atoms with Crippen LogP contribution in [0.3, 0.4) is 0 Å². The molecule has 1 N–H and O–H groups in total. The quantitative estimate of drug-likeness (QED) is 0.140. The topological polar surface area (TPSA) is 46.5 Å². The molecule has 4 rings (SSSR count). The van der Waals surface area contributed by atoms with Crippen LogP contribution in [0.1, 0.15) is 65.6 Å². The molecule has 0 amide bonds. The van der Waals surface area contributed by atoms with E-state index in [-0.39, 0.29) is 35.4 Å². The van der Waals surface area contributed by atoms with Crippen molar-refractivity contribution in [3.8, 4) is 11.5 Å². The number of aryl methyl sites for hydroxylation is 1. The standard InChI is InChI=1S/C30H24F6O3/c1-2-3-4-5-18-10-11-19(25(32)24(18)31)16-6-8-17(9-7-16)20-13-15-23(29(36)26(20)33)39-30(38)21-12-14-22(37)28(35)27(21)34/h2-3,8,10-16,37H,4-7,9H2,1H3/b3-2+. The Kier molecular flexibility index (Phi) is 8.47. The smallest absolute Gasteiger partial charge is 0.346 e. The average molecular weight is 547 g/mol. The van der Waals surface area contributed by atoms with Crippen LogP contribution in [0.25, 0.3) is 5.57 Å². The molecule has 0 spiro atoms. The van der Waals surface area contributed by atoms with Gasteiger partial charge in [0, 0.05) is 5.56 Å². The second-order valence-corrected chi connectivity index (χ2v) is 9.14. The fraction of sp³-hybridized carbons (Fsp3) is 0.233. The van der Waals surface area contributed by atoms with Crippen molar-refractivity contribution in [3.05, 3.63) is 112 Å². The van der Waals surface area contributed by atoms with Crippen molar-refractivity contribution < 1.29 is 41.0 Å². The van der Waals surface area contributed by atoms with E-state index >= 15 is 0 Å². The third-order valence-electron chi connectivity index (χ3n) is 6.74. The molecule has 0 aliphatic heterocycles. The fourth-order valence-corrected chi connectivity index (χ4v) is 4.59. The minimum Gasteiger partial charge on any atom is -0.505 e. The van der Waals surface area contributed by atoms with Gasteiger partial charge in [0.15, 0.2) is 34.8 Å². The van der Waals surface area contributed by atoms with Crippen molar-refractivity contribution in [2.75, 3.05) is 0 Å². The number of aromatic hydroxyl groups is 1. The molecule has 0 bridgehead atoms. The lowest BCUT2D eigenvalue weighted by Gasteiger charge is -2.24. The number of carbonyl (C=O) groups is 1. The maximum atomic E-state index is 14.9. The minimum atomic E-state index is -1.70. The summed E-state index contributed by atoms with van der Waals surface area (Å²) in [7, 11) is 0. The summed E-state index contributed by atoms with van der Waals surface area (Å²) in [6.45, 7) is 1.85. The van der Waals surface area contributed by atoms with Crippen LogP contribution in [-0.4, -0.2) is 11.1 Å². The predicted molar refractivity (Wildman–Crippen MR) is 133 cm³/mol. The summed E-state index contributed by atoms with van der Waals surface area (Å²) >= 11 is 0. The number of carbonyl (C=O) groups excluding carboxylic acids is 1. The predicted octanol–water partition coefficient (Wildman–Crippen LogP) is 8.31. The Morgan fingerprint density at radius 2 is 1.69 bits per heavy atom. The highest BCUT2D eigenvalue weighted by Gasteiger charge is 2.27. The number of halogens is 6. The molecule has 0 saturated heterocycles.